The molecule has 1 fully saturated rings. The molecule has 18 heavy (non-hydrogen) atoms. The number of hydrogen-bond donors (Lipinski definition) is 1. The van der Waals surface area contributed by atoms with Crippen molar-refractivity contribution in [3.05, 3.63) is 35.1 Å². The van der Waals surface area contributed by atoms with E-state index in [4.69, 9.17) is 15.7 Å². The molecule has 0 bridgehead atoms. The standard InChI is InChI=1S/C14H17FN2O/c15-14-7-10(8-16)1-2-11(14)9-18-13-5-3-12(17)4-6-13/h1-2,7,12-13H,3-6,9,17H2. The quantitative estimate of drug-likeness (QED) is 0.894. The van der Waals surface area contributed by atoms with Crippen LogP contribution in [0.3, 0.4) is 0 Å². The Balaban J connectivity index is 1.89. The number of rotatable bonds is 3. The predicted molar refractivity (Wildman–Crippen MR) is 66.1 cm³/mol. The van der Waals surface area contributed by atoms with Gasteiger partial charge in [-0.15, -0.1) is 0 Å². The van der Waals surface area contributed by atoms with Crippen LogP contribution in [0.4, 0.5) is 4.39 Å². The molecule has 0 aliphatic heterocycles. The summed E-state index contributed by atoms with van der Waals surface area (Å²) in [6.07, 6.45) is 4.01. The van der Waals surface area contributed by atoms with E-state index in [0.29, 0.717) is 11.1 Å². The topological polar surface area (TPSA) is 59.0 Å². The van der Waals surface area contributed by atoms with Gasteiger partial charge in [0.15, 0.2) is 0 Å². The lowest BCUT2D eigenvalue weighted by atomic mass is 9.94. The van der Waals surface area contributed by atoms with Crippen LogP contribution in [0.15, 0.2) is 18.2 Å². The van der Waals surface area contributed by atoms with Crippen LogP contribution in [-0.4, -0.2) is 12.1 Å². The molecule has 0 heterocycles. The predicted octanol–water partition coefficient (Wildman–Crippen LogP) is 2.48. The van der Waals surface area contributed by atoms with Crippen LogP contribution in [0.5, 0.6) is 0 Å². The maximum Gasteiger partial charge on any atom is 0.130 e. The second-order valence-electron chi connectivity index (χ2n) is 4.77. The van der Waals surface area contributed by atoms with Gasteiger partial charge in [0.05, 0.1) is 24.3 Å². The molecule has 0 unspecified atom stereocenters. The third kappa shape index (κ3) is 3.28. The van der Waals surface area contributed by atoms with E-state index in [1.165, 1.54) is 6.07 Å². The number of nitrogens with zero attached hydrogens (tertiary/aromatic N) is 1. The molecule has 1 saturated carbocycles. The zero-order chi connectivity index (χ0) is 13.0. The summed E-state index contributed by atoms with van der Waals surface area (Å²) in [5.41, 5.74) is 6.65. The van der Waals surface area contributed by atoms with E-state index in [1.807, 2.05) is 6.07 Å². The van der Waals surface area contributed by atoms with Crippen LogP contribution >= 0.6 is 0 Å². The van der Waals surface area contributed by atoms with E-state index >= 15 is 0 Å². The molecule has 96 valence electrons. The Morgan fingerprint density at radius 1 is 1.33 bits per heavy atom. The van der Waals surface area contributed by atoms with Crippen LogP contribution in [0.2, 0.25) is 0 Å². The zero-order valence-electron chi connectivity index (χ0n) is 10.2. The SMILES string of the molecule is N#Cc1ccc(COC2CCC(N)CC2)c(F)c1. The summed E-state index contributed by atoms with van der Waals surface area (Å²) in [6, 6.07) is 6.67. The van der Waals surface area contributed by atoms with E-state index < -0.39 is 0 Å². The Morgan fingerprint density at radius 3 is 2.67 bits per heavy atom. The van der Waals surface area contributed by atoms with Crippen molar-refractivity contribution in [2.45, 2.75) is 44.4 Å². The van der Waals surface area contributed by atoms with Gasteiger partial charge in [-0.05, 0) is 37.8 Å². The highest BCUT2D eigenvalue weighted by Crippen LogP contribution is 2.21. The highest BCUT2D eigenvalue weighted by molar-refractivity contribution is 5.32. The van der Waals surface area contributed by atoms with Crippen molar-refractivity contribution < 1.29 is 9.13 Å². The van der Waals surface area contributed by atoms with Crippen LogP contribution in [0.25, 0.3) is 0 Å². The average molecular weight is 248 g/mol. The Bertz CT molecular complexity index is 448. The molecule has 2 N–H and O–H groups in total. The van der Waals surface area contributed by atoms with Crippen molar-refractivity contribution >= 4 is 0 Å². The molecule has 3 nitrogen and oxygen atoms in total. The molecule has 4 heteroatoms. The first-order valence-electron chi connectivity index (χ1n) is 6.24. The minimum absolute atomic E-state index is 0.180. The highest BCUT2D eigenvalue weighted by Gasteiger charge is 2.19. The van der Waals surface area contributed by atoms with Crippen molar-refractivity contribution in [2.24, 2.45) is 5.73 Å². The Morgan fingerprint density at radius 2 is 2.06 bits per heavy atom. The lowest BCUT2D eigenvalue weighted by molar-refractivity contribution is 0.0126. The van der Waals surface area contributed by atoms with Crippen molar-refractivity contribution in [3.63, 3.8) is 0 Å². The van der Waals surface area contributed by atoms with Crippen molar-refractivity contribution in [3.8, 4) is 6.07 Å². The van der Waals surface area contributed by atoms with Gasteiger partial charge >= 0.3 is 0 Å². The molecule has 1 aromatic rings. The summed E-state index contributed by atoms with van der Waals surface area (Å²) in [7, 11) is 0. The van der Waals surface area contributed by atoms with Crippen LogP contribution < -0.4 is 5.73 Å². The number of nitrogens with two attached hydrogens (primary N) is 1. The summed E-state index contributed by atoms with van der Waals surface area (Å²) >= 11 is 0. The summed E-state index contributed by atoms with van der Waals surface area (Å²) in [5.74, 6) is -0.374. The molecule has 1 aliphatic rings. The fourth-order valence-corrected chi connectivity index (χ4v) is 2.20. The molecule has 1 aromatic carbocycles. The summed E-state index contributed by atoms with van der Waals surface area (Å²) in [6.45, 7) is 0.261. The average Bonchev–Trinajstić information content (AvgIpc) is 2.39. The minimum Gasteiger partial charge on any atom is -0.373 e. The number of hydrogen-bond acceptors (Lipinski definition) is 3. The van der Waals surface area contributed by atoms with Gasteiger partial charge in [-0.2, -0.15) is 5.26 Å². The molecule has 0 aromatic heterocycles. The number of ether oxygens (including phenoxy) is 1. The van der Waals surface area contributed by atoms with Crippen LogP contribution in [-0.2, 0) is 11.3 Å². The van der Waals surface area contributed by atoms with Gasteiger partial charge in [-0.1, -0.05) is 6.07 Å². The minimum atomic E-state index is -0.374. The Kier molecular flexibility index (Phi) is 4.29. The van der Waals surface area contributed by atoms with E-state index in [0.717, 1.165) is 25.7 Å². The Hall–Kier alpha value is -1.44. The van der Waals surface area contributed by atoms with Gasteiger partial charge in [-0.25, -0.2) is 4.39 Å². The van der Waals surface area contributed by atoms with Gasteiger partial charge in [0, 0.05) is 11.6 Å². The number of benzene rings is 1. The van der Waals surface area contributed by atoms with Gasteiger partial charge in [0.1, 0.15) is 5.82 Å². The molecule has 0 saturated heterocycles. The third-order valence-electron chi connectivity index (χ3n) is 3.38. The summed E-state index contributed by atoms with van der Waals surface area (Å²) in [4.78, 5) is 0. The van der Waals surface area contributed by atoms with Gasteiger partial charge in [-0.3, -0.25) is 0 Å². The summed E-state index contributed by atoms with van der Waals surface area (Å²) in [5, 5.41) is 8.65. The van der Waals surface area contributed by atoms with Gasteiger partial charge < -0.3 is 10.5 Å². The smallest absolute Gasteiger partial charge is 0.130 e. The maximum absolute atomic E-state index is 13.6. The van der Waals surface area contributed by atoms with E-state index in [9.17, 15) is 4.39 Å². The maximum atomic E-state index is 13.6. The lowest BCUT2D eigenvalue weighted by Gasteiger charge is -2.26. The number of nitriles is 1. The fraction of sp³-hybridized carbons (Fsp3) is 0.500. The van der Waals surface area contributed by atoms with E-state index in [-0.39, 0.29) is 24.6 Å². The van der Waals surface area contributed by atoms with E-state index in [1.54, 1.807) is 12.1 Å². The second-order valence-corrected chi connectivity index (χ2v) is 4.77. The normalized spacial score (nSPS) is 23.6. The number of halogens is 1. The summed E-state index contributed by atoms with van der Waals surface area (Å²) < 4.78 is 19.3. The van der Waals surface area contributed by atoms with Crippen molar-refractivity contribution in [2.75, 3.05) is 0 Å². The second kappa shape index (κ2) is 5.94. The lowest BCUT2D eigenvalue weighted by Crippen LogP contribution is -2.30. The first kappa shape index (κ1) is 13.0. The molecule has 0 spiro atoms. The monoisotopic (exact) mass is 248 g/mol. The Labute approximate surface area is 106 Å². The van der Waals surface area contributed by atoms with E-state index in [2.05, 4.69) is 0 Å². The molecular formula is C14H17FN2O. The highest BCUT2D eigenvalue weighted by atomic mass is 19.1. The van der Waals surface area contributed by atoms with Crippen LogP contribution in [0.1, 0.15) is 36.8 Å². The van der Waals surface area contributed by atoms with Gasteiger partial charge in [0.25, 0.3) is 0 Å². The molecule has 0 radical (unpaired) electrons. The van der Waals surface area contributed by atoms with Crippen molar-refractivity contribution in [1.29, 1.82) is 5.26 Å². The first-order chi connectivity index (χ1) is 8.69. The molecule has 1 aliphatic carbocycles. The third-order valence-corrected chi connectivity index (χ3v) is 3.38. The van der Waals surface area contributed by atoms with Crippen molar-refractivity contribution in [1.82, 2.24) is 0 Å². The van der Waals surface area contributed by atoms with Gasteiger partial charge in [0.2, 0.25) is 0 Å². The molecule has 0 atom stereocenters. The zero-order valence-corrected chi connectivity index (χ0v) is 10.2. The fourth-order valence-electron chi connectivity index (χ4n) is 2.20. The molecular weight excluding hydrogens is 231 g/mol. The largest absolute Gasteiger partial charge is 0.373 e. The first-order valence-corrected chi connectivity index (χ1v) is 6.24. The van der Waals surface area contributed by atoms with Crippen LogP contribution in [0, 0.1) is 17.1 Å². The molecule has 0 amide bonds. The molecule has 2 rings (SSSR count).